The molecule has 0 spiro atoms. The van der Waals surface area contributed by atoms with Gasteiger partial charge in [-0.25, -0.2) is 0 Å². The second-order valence-electron chi connectivity index (χ2n) is 7.00. The molecule has 2 fully saturated rings. The lowest BCUT2D eigenvalue weighted by Crippen LogP contribution is -2.25. The van der Waals surface area contributed by atoms with E-state index in [-0.39, 0.29) is 0 Å². The molecule has 24 heavy (non-hydrogen) atoms. The summed E-state index contributed by atoms with van der Waals surface area (Å²) in [5.41, 5.74) is 0.580. The number of nitrogens with zero attached hydrogens (tertiary/aromatic N) is 2. The minimum absolute atomic E-state index is 0.580. The third kappa shape index (κ3) is 3.53. The minimum Gasteiger partial charge on any atom is -0.494 e. The Morgan fingerprint density at radius 2 is 1.92 bits per heavy atom. The van der Waals surface area contributed by atoms with Crippen LogP contribution in [0.4, 0.5) is 13.2 Å². The number of piperidine rings is 1. The van der Waals surface area contributed by atoms with E-state index in [9.17, 15) is 13.2 Å². The second kappa shape index (κ2) is 5.99. The quantitative estimate of drug-likeness (QED) is 0.743. The molecule has 130 valence electrons. The molecule has 3 nitrogen and oxygen atoms in total. The van der Waals surface area contributed by atoms with Gasteiger partial charge in [0.15, 0.2) is 0 Å². The van der Waals surface area contributed by atoms with Gasteiger partial charge in [-0.05, 0) is 48.9 Å². The summed E-state index contributed by atoms with van der Waals surface area (Å²) < 4.78 is 44.6. The van der Waals surface area contributed by atoms with Crippen molar-refractivity contribution in [1.82, 2.24) is 9.47 Å². The van der Waals surface area contributed by atoms with Crippen LogP contribution in [0.15, 0.2) is 30.5 Å². The summed E-state index contributed by atoms with van der Waals surface area (Å²) >= 11 is 0. The normalized spacial score (nSPS) is 23.6. The van der Waals surface area contributed by atoms with Crippen molar-refractivity contribution in [2.45, 2.75) is 25.6 Å². The molecule has 0 amide bonds. The smallest absolute Gasteiger partial charge is 0.406 e. The summed E-state index contributed by atoms with van der Waals surface area (Å²) in [5.74, 6) is 2.62. The molecule has 2 unspecified atom stereocenters. The number of likely N-dealkylation sites (tertiary alicyclic amines) is 1. The molecule has 0 N–H and O–H groups in total. The largest absolute Gasteiger partial charge is 0.494 e. The predicted octanol–water partition coefficient (Wildman–Crippen LogP) is 3.92. The number of aromatic nitrogens is 1. The fourth-order valence-corrected chi connectivity index (χ4v) is 3.76. The average molecular weight is 338 g/mol. The summed E-state index contributed by atoms with van der Waals surface area (Å²) in [7, 11) is 0. The standard InChI is InChI=1S/C18H21F3N2O/c19-18(20,21)12-23-6-4-13-9-16(2-3-17(13)23)24-7-1-5-22-10-14-8-15(14)11-22/h2-4,6,9,14-15H,1,5,7-8,10-12H2. The lowest BCUT2D eigenvalue weighted by molar-refractivity contribution is -0.139. The van der Waals surface area contributed by atoms with Crippen LogP contribution in [-0.2, 0) is 6.54 Å². The van der Waals surface area contributed by atoms with E-state index in [2.05, 4.69) is 4.90 Å². The van der Waals surface area contributed by atoms with Gasteiger partial charge in [-0.2, -0.15) is 13.2 Å². The van der Waals surface area contributed by atoms with Crippen molar-refractivity contribution in [2.24, 2.45) is 11.8 Å². The van der Waals surface area contributed by atoms with Crippen molar-refractivity contribution in [3.05, 3.63) is 30.5 Å². The van der Waals surface area contributed by atoms with Crippen LogP contribution in [0.2, 0.25) is 0 Å². The first-order valence-corrected chi connectivity index (χ1v) is 8.49. The molecule has 1 aromatic heterocycles. The summed E-state index contributed by atoms with van der Waals surface area (Å²) in [4.78, 5) is 2.50. The second-order valence-corrected chi connectivity index (χ2v) is 7.00. The number of ether oxygens (including phenoxy) is 1. The zero-order chi connectivity index (χ0) is 16.7. The molecule has 1 aliphatic carbocycles. The van der Waals surface area contributed by atoms with Crippen LogP contribution in [0.25, 0.3) is 10.9 Å². The highest BCUT2D eigenvalue weighted by Crippen LogP contribution is 2.44. The maximum atomic E-state index is 12.5. The molecule has 2 aliphatic rings. The molecule has 1 saturated carbocycles. The first kappa shape index (κ1) is 15.8. The zero-order valence-corrected chi connectivity index (χ0v) is 13.4. The van der Waals surface area contributed by atoms with Crippen LogP contribution >= 0.6 is 0 Å². The van der Waals surface area contributed by atoms with E-state index in [0.29, 0.717) is 12.1 Å². The van der Waals surface area contributed by atoms with Crippen LogP contribution in [0.1, 0.15) is 12.8 Å². The van der Waals surface area contributed by atoms with Gasteiger partial charge in [0.2, 0.25) is 0 Å². The molecule has 6 heteroatoms. The molecule has 2 heterocycles. The van der Waals surface area contributed by atoms with Gasteiger partial charge < -0.3 is 14.2 Å². The van der Waals surface area contributed by atoms with Gasteiger partial charge in [-0.1, -0.05) is 0 Å². The molecule has 1 saturated heterocycles. The van der Waals surface area contributed by atoms with Gasteiger partial charge in [0.1, 0.15) is 12.3 Å². The molecule has 0 bridgehead atoms. The van der Waals surface area contributed by atoms with Crippen LogP contribution in [0.3, 0.4) is 0 Å². The highest BCUT2D eigenvalue weighted by Gasteiger charge is 2.44. The summed E-state index contributed by atoms with van der Waals surface area (Å²) in [6.45, 7) is 3.22. The molecule has 4 rings (SSSR count). The predicted molar refractivity (Wildman–Crippen MR) is 86.1 cm³/mol. The highest BCUT2D eigenvalue weighted by atomic mass is 19.4. The zero-order valence-electron chi connectivity index (χ0n) is 13.4. The Kier molecular flexibility index (Phi) is 3.95. The van der Waals surface area contributed by atoms with Gasteiger partial charge in [-0.15, -0.1) is 0 Å². The van der Waals surface area contributed by atoms with E-state index in [4.69, 9.17) is 4.74 Å². The van der Waals surface area contributed by atoms with Gasteiger partial charge in [0, 0.05) is 36.7 Å². The van der Waals surface area contributed by atoms with Crippen LogP contribution in [-0.4, -0.2) is 41.9 Å². The van der Waals surface area contributed by atoms with E-state index in [1.54, 1.807) is 18.2 Å². The molecular formula is C18H21F3N2O. The molecule has 1 aliphatic heterocycles. The summed E-state index contributed by atoms with van der Waals surface area (Å²) in [6, 6.07) is 6.96. The van der Waals surface area contributed by atoms with Crippen LogP contribution < -0.4 is 4.74 Å². The van der Waals surface area contributed by atoms with Crippen molar-refractivity contribution < 1.29 is 17.9 Å². The maximum Gasteiger partial charge on any atom is 0.406 e. The Balaban J connectivity index is 1.30. The lowest BCUT2D eigenvalue weighted by Gasteiger charge is -2.17. The fourth-order valence-electron chi connectivity index (χ4n) is 3.76. The Hall–Kier alpha value is -1.69. The number of hydrogen-bond acceptors (Lipinski definition) is 2. The summed E-state index contributed by atoms with van der Waals surface area (Å²) in [6.07, 6.45) is -0.342. The SMILES string of the molecule is FC(F)(F)Cn1ccc2cc(OCCCN3CC4CC4C3)ccc21. The van der Waals surface area contributed by atoms with Crippen molar-refractivity contribution in [1.29, 1.82) is 0 Å². The topological polar surface area (TPSA) is 17.4 Å². The average Bonchev–Trinajstić information content (AvgIpc) is 2.95. The molecular weight excluding hydrogens is 317 g/mol. The molecule has 2 atom stereocenters. The molecule has 2 aromatic rings. The van der Waals surface area contributed by atoms with E-state index < -0.39 is 12.7 Å². The Labute approximate surface area is 139 Å². The minimum atomic E-state index is -4.21. The molecule has 0 radical (unpaired) electrons. The Morgan fingerprint density at radius 3 is 2.67 bits per heavy atom. The first-order chi connectivity index (χ1) is 11.5. The number of alkyl halides is 3. The number of benzene rings is 1. The van der Waals surface area contributed by atoms with Crippen LogP contribution in [0.5, 0.6) is 5.75 Å². The fraction of sp³-hybridized carbons (Fsp3) is 0.556. The molecule has 1 aromatic carbocycles. The Morgan fingerprint density at radius 1 is 1.12 bits per heavy atom. The third-order valence-electron chi connectivity index (χ3n) is 5.03. The van der Waals surface area contributed by atoms with E-state index in [1.807, 2.05) is 6.07 Å². The highest BCUT2D eigenvalue weighted by molar-refractivity contribution is 5.81. The number of rotatable bonds is 6. The van der Waals surface area contributed by atoms with E-state index in [0.717, 1.165) is 35.9 Å². The van der Waals surface area contributed by atoms with E-state index >= 15 is 0 Å². The van der Waals surface area contributed by atoms with Gasteiger partial charge in [0.25, 0.3) is 0 Å². The van der Waals surface area contributed by atoms with Crippen molar-refractivity contribution in [2.75, 3.05) is 26.2 Å². The van der Waals surface area contributed by atoms with Crippen molar-refractivity contribution >= 4 is 10.9 Å². The van der Waals surface area contributed by atoms with Crippen molar-refractivity contribution in [3.63, 3.8) is 0 Å². The van der Waals surface area contributed by atoms with Gasteiger partial charge in [-0.3, -0.25) is 0 Å². The maximum absolute atomic E-state index is 12.5. The van der Waals surface area contributed by atoms with Crippen LogP contribution in [0, 0.1) is 11.8 Å². The van der Waals surface area contributed by atoms with Gasteiger partial charge >= 0.3 is 6.18 Å². The lowest BCUT2D eigenvalue weighted by atomic mass is 10.2. The number of fused-ring (bicyclic) bond motifs is 2. The Bertz CT molecular complexity index is 715. The van der Waals surface area contributed by atoms with Crippen molar-refractivity contribution in [3.8, 4) is 5.75 Å². The number of halogens is 3. The third-order valence-corrected chi connectivity index (χ3v) is 5.03. The first-order valence-electron chi connectivity index (χ1n) is 8.49. The summed E-state index contributed by atoms with van der Waals surface area (Å²) in [5, 5.41) is 0.774. The van der Waals surface area contributed by atoms with E-state index in [1.165, 1.54) is 30.3 Å². The monoisotopic (exact) mass is 338 g/mol. The van der Waals surface area contributed by atoms with Gasteiger partial charge in [0.05, 0.1) is 6.61 Å². The number of hydrogen-bond donors (Lipinski definition) is 0.